The Bertz CT molecular complexity index is 1490. The number of hydrogen-bond donors (Lipinski definition) is 1. The third-order valence-corrected chi connectivity index (χ3v) is 6.42. The molecule has 1 N–H and O–H groups in total. The second-order valence-corrected chi connectivity index (χ2v) is 8.78. The summed E-state index contributed by atoms with van der Waals surface area (Å²) in [5.41, 5.74) is 3.28. The van der Waals surface area contributed by atoms with Crippen LogP contribution in [0.25, 0.3) is 11.0 Å². The lowest BCUT2D eigenvalue weighted by Gasteiger charge is -2.35. The van der Waals surface area contributed by atoms with E-state index in [0.29, 0.717) is 49.8 Å². The zero-order valence-corrected chi connectivity index (χ0v) is 20.5. The van der Waals surface area contributed by atoms with Crippen molar-refractivity contribution in [1.82, 2.24) is 14.5 Å². The van der Waals surface area contributed by atoms with E-state index >= 15 is 0 Å². The SMILES string of the molecule is COC(=O)c1cccc(NC(=O)N2CCN(c3nc4ccccc4n(Cc4ccccc4)c3=O)CC2)c1. The Labute approximate surface area is 213 Å². The summed E-state index contributed by atoms with van der Waals surface area (Å²) in [5.74, 6) is -0.0778. The van der Waals surface area contributed by atoms with Gasteiger partial charge in [0.05, 0.1) is 30.3 Å². The molecular weight excluding hydrogens is 470 g/mol. The first-order chi connectivity index (χ1) is 18.0. The van der Waals surface area contributed by atoms with Gasteiger partial charge in [-0.15, -0.1) is 0 Å². The largest absolute Gasteiger partial charge is 0.465 e. The second kappa shape index (κ2) is 10.5. The number of fused-ring (bicyclic) bond motifs is 1. The number of nitrogens with one attached hydrogen (secondary N) is 1. The second-order valence-electron chi connectivity index (χ2n) is 8.78. The van der Waals surface area contributed by atoms with Gasteiger partial charge in [0.25, 0.3) is 5.56 Å². The number of hydrogen-bond acceptors (Lipinski definition) is 6. The Hall–Kier alpha value is -4.66. The minimum Gasteiger partial charge on any atom is -0.465 e. The number of methoxy groups -OCH3 is 1. The summed E-state index contributed by atoms with van der Waals surface area (Å²) in [6.07, 6.45) is 0. The molecule has 2 amide bonds. The van der Waals surface area contributed by atoms with Gasteiger partial charge < -0.3 is 19.9 Å². The Morgan fingerprint density at radius 2 is 1.65 bits per heavy atom. The quantitative estimate of drug-likeness (QED) is 0.424. The van der Waals surface area contributed by atoms with E-state index in [-0.39, 0.29) is 11.6 Å². The van der Waals surface area contributed by atoms with Gasteiger partial charge in [-0.1, -0.05) is 48.5 Å². The van der Waals surface area contributed by atoms with Crippen LogP contribution in [-0.2, 0) is 11.3 Å². The zero-order chi connectivity index (χ0) is 25.8. The fourth-order valence-electron chi connectivity index (χ4n) is 4.47. The van der Waals surface area contributed by atoms with Crippen LogP contribution in [0.1, 0.15) is 15.9 Å². The maximum Gasteiger partial charge on any atom is 0.337 e. The van der Waals surface area contributed by atoms with E-state index in [1.165, 1.54) is 7.11 Å². The van der Waals surface area contributed by atoms with Crippen LogP contribution in [0, 0.1) is 0 Å². The fraction of sp³-hybridized carbons (Fsp3) is 0.214. The van der Waals surface area contributed by atoms with E-state index in [0.717, 1.165) is 16.6 Å². The van der Waals surface area contributed by atoms with Crippen LogP contribution >= 0.6 is 0 Å². The topological polar surface area (TPSA) is 96.8 Å². The minimum absolute atomic E-state index is 0.153. The molecule has 37 heavy (non-hydrogen) atoms. The number of rotatable bonds is 5. The molecule has 0 atom stereocenters. The number of piperazine rings is 1. The number of esters is 1. The van der Waals surface area contributed by atoms with Crippen molar-refractivity contribution in [3.8, 4) is 0 Å². The number of anilines is 2. The summed E-state index contributed by atoms with van der Waals surface area (Å²) in [5, 5.41) is 2.84. The van der Waals surface area contributed by atoms with E-state index in [9.17, 15) is 14.4 Å². The number of para-hydroxylation sites is 2. The van der Waals surface area contributed by atoms with E-state index in [4.69, 9.17) is 9.72 Å². The van der Waals surface area contributed by atoms with Gasteiger partial charge in [0.15, 0.2) is 5.82 Å². The molecule has 4 aromatic rings. The van der Waals surface area contributed by atoms with Gasteiger partial charge >= 0.3 is 12.0 Å². The van der Waals surface area contributed by atoms with Gasteiger partial charge in [-0.05, 0) is 35.9 Å². The van der Waals surface area contributed by atoms with Gasteiger partial charge in [0.1, 0.15) is 0 Å². The van der Waals surface area contributed by atoms with E-state index < -0.39 is 5.97 Å². The molecule has 2 heterocycles. The van der Waals surface area contributed by atoms with Crippen LogP contribution in [-0.4, -0.2) is 59.7 Å². The van der Waals surface area contributed by atoms with Gasteiger partial charge in [-0.25, -0.2) is 14.6 Å². The maximum atomic E-state index is 13.6. The summed E-state index contributed by atoms with van der Waals surface area (Å²) in [4.78, 5) is 46.5. The molecule has 0 saturated carbocycles. The molecule has 0 spiro atoms. The van der Waals surface area contributed by atoms with Crippen molar-refractivity contribution in [2.75, 3.05) is 43.5 Å². The highest BCUT2D eigenvalue weighted by Gasteiger charge is 2.25. The van der Waals surface area contributed by atoms with E-state index in [1.807, 2.05) is 59.5 Å². The molecule has 5 rings (SSSR count). The molecule has 1 aliphatic rings. The lowest BCUT2D eigenvalue weighted by Crippen LogP contribution is -2.51. The summed E-state index contributed by atoms with van der Waals surface area (Å²) in [7, 11) is 1.31. The molecule has 3 aromatic carbocycles. The Balaban J connectivity index is 1.32. The lowest BCUT2D eigenvalue weighted by molar-refractivity contribution is 0.0600. The first-order valence-corrected chi connectivity index (χ1v) is 12.1. The van der Waals surface area contributed by atoms with Crippen molar-refractivity contribution < 1.29 is 14.3 Å². The van der Waals surface area contributed by atoms with Crippen LogP contribution in [0.4, 0.5) is 16.3 Å². The molecule has 188 valence electrons. The van der Waals surface area contributed by atoms with Crippen LogP contribution in [0.2, 0.25) is 0 Å². The smallest absolute Gasteiger partial charge is 0.337 e. The number of aromatic nitrogens is 2. The molecule has 1 aromatic heterocycles. The van der Waals surface area contributed by atoms with Gasteiger partial charge in [-0.3, -0.25) is 9.36 Å². The molecule has 9 nitrogen and oxygen atoms in total. The maximum absolute atomic E-state index is 13.6. The van der Waals surface area contributed by atoms with Crippen molar-refractivity contribution >= 4 is 34.5 Å². The first-order valence-electron chi connectivity index (χ1n) is 12.1. The molecule has 0 aliphatic carbocycles. The summed E-state index contributed by atoms with van der Waals surface area (Å²) >= 11 is 0. The highest BCUT2D eigenvalue weighted by Crippen LogP contribution is 2.18. The Kier molecular flexibility index (Phi) is 6.85. The third kappa shape index (κ3) is 5.16. The van der Waals surface area contributed by atoms with Gasteiger partial charge in [0, 0.05) is 31.9 Å². The summed E-state index contributed by atoms with van der Waals surface area (Å²) in [6.45, 7) is 2.25. The molecule has 1 aliphatic heterocycles. The molecule has 1 fully saturated rings. The number of carbonyl (C=O) groups is 2. The minimum atomic E-state index is -0.467. The van der Waals surface area contributed by atoms with Crippen molar-refractivity contribution in [3.63, 3.8) is 0 Å². The van der Waals surface area contributed by atoms with Crippen LogP contribution in [0.5, 0.6) is 0 Å². The van der Waals surface area contributed by atoms with Crippen LogP contribution < -0.4 is 15.8 Å². The number of nitrogens with zero attached hydrogens (tertiary/aromatic N) is 4. The summed E-state index contributed by atoms with van der Waals surface area (Å²) in [6, 6.07) is 23.8. The molecule has 0 radical (unpaired) electrons. The monoisotopic (exact) mass is 497 g/mol. The number of amides is 2. The lowest BCUT2D eigenvalue weighted by atomic mass is 10.2. The number of urea groups is 1. The Morgan fingerprint density at radius 3 is 2.41 bits per heavy atom. The fourth-order valence-corrected chi connectivity index (χ4v) is 4.47. The zero-order valence-electron chi connectivity index (χ0n) is 20.5. The average Bonchev–Trinajstić information content (AvgIpc) is 2.94. The number of carbonyl (C=O) groups excluding carboxylic acids is 2. The predicted octanol–water partition coefficient (Wildman–Crippen LogP) is 3.59. The van der Waals surface area contributed by atoms with Crippen LogP contribution in [0.15, 0.2) is 83.7 Å². The first kappa shape index (κ1) is 24.1. The van der Waals surface area contributed by atoms with Gasteiger partial charge in [-0.2, -0.15) is 0 Å². The Morgan fingerprint density at radius 1 is 0.919 bits per heavy atom. The average molecular weight is 498 g/mol. The van der Waals surface area contributed by atoms with Crippen LogP contribution in [0.3, 0.4) is 0 Å². The normalized spacial score (nSPS) is 13.4. The third-order valence-electron chi connectivity index (χ3n) is 6.42. The highest BCUT2D eigenvalue weighted by atomic mass is 16.5. The van der Waals surface area contributed by atoms with Crippen molar-refractivity contribution in [3.05, 3.63) is 100 Å². The molecule has 0 unspecified atom stereocenters. The van der Waals surface area contributed by atoms with Crippen molar-refractivity contribution in [1.29, 1.82) is 0 Å². The molecule has 9 heteroatoms. The van der Waals surface area contributed by atoms with Gasteiger partial charge in [0.2, 0.25) is 0 Å². The number of ether oxygens (including phenoxy) is 1. The van der Waals surface area contributed by atoms with E-state index in [2.05, 4.69) is 5.32 Å². The molecule has 1 saturated heterocycles. The van der Waals surface area contributed by atoms with E-state index in [1.54, 1.807) is 33.7 Å². The summed E-state index contributed by atoms with van der Waals surface area (Å²) < 4.78 is 6.51. The molecule has 0 bridgehead atoms. The van der Waals surface area contributed by atoms with Crippen molar-refractivity contribution in [2.45, 2.75) is 6.54 Å². The predicted molar refractivity (Wildman–Crippen MR) is 142 cm³/mol. The van der Waals surface area contributed by atoms with Crippen molar-refractivity contribution in [2.24, 2.45) is 0 Å². The standard InChI is InChI=1S/C28H27N5O4/c1-37-27(35)21-10-7-11-22(18-21)29-28(36)32-16-14-31(15-17-32)25-26(34)33(19-20-8-3-2-4-9-20)24-13-6-5-12-23(24)30-25/h2-13,18H,14-17,19H2,1H3,(H,29,36). The molecular formula is C28H27N5O4. The number of benzene rings is 3. The highest BCUT2D eigenvalue weighted by molar-refractivity contribution is 5.94.